The number of carbonyl (C=O) groups is 1. The molecule has 3 aliphatic heterocycles. The Morgan fingerprint density at radius 1 is 1.33 bits per heavy atom. The third kappa shape index (κ3) is 3.68. The van der Waals surface area contributed by atoms with Crippen molar-refractivity contribution in [3.05, 3.63) is 11.6 Å². The summed E-state index contributed by atoms with van der Waals surface area (Å²) in [6.45, 7) is 4.52. The molecule has 1 spiro atoms. The second-order valence-corrected chi connectivity index (χ2v) is 9.33. The quantitative estimate of drug-likeness (QED) is 0.780. The van der Waals surface area contributed by atoms with Crippen LogP contribution in [0.5, 0.6) is 0 Å². The lowest BCUT2D eigenvalue weighted by molar-refractivity contribution is -0.132. The molecule has 1 unspecified atom stereocenters. The summed E-state index contributed by atoms with van der Waals surface area (Å²) in [4.78, 5) is 14.6. The van der Waals surface area contributed by atoms with E-state index in [4.69, 9.17) is 9.47 Å². The molecule has 0 aromatic rings. The van der Waals surface area contributed by atoms with E-state index in [1.807, 2.05) is 11.8 Å². The Hall–Kier alpha value is -0.520. The van der Waals surface area contributed by atoms with Gasteiger partial charge < -0.3 is 14.4 Å². The van der Waals surface area contributed by atoms with Crippen molar-refractivity contribution in [3.63, 3.8) is 0 Å². The van der Waals surface area contributed by atoms with Crippen LogP contribution in [0.15, 0.2) is 11.6 Å². The van der Waals surface area contributed by atoms with E-state index in [1.165, 1.54) is 12.8 Å². The fourth-order valence-corrected chi connectivity index (χ4v) is 5.90. The van der Waals surface area contributed by atoms with Gasteiger partial charge in [0.05, 0.1) is 10.9 Å². The van der Waals surface area contributed by atoms with Crippen LogP contribution in [0.25, 0.3) is 0 Å². The minimum Gasteiger partial charge on any atom is -0.381 e. The lowest BCUT2D eigenvalue weighted by Gasteiger charge is -2.48. The van der Waals surface area contributed by atoms with E-state index < -0.39 is 0 Å². The minimum atomic E-state index is 0.283. The number of nitrogens with zero attached hydrogens (tertiary/aromatic N) is 1. The van der Waals surface area contributed by atoms with Crippen LogP contribution in [0.2, 0.25) is 0 Å². The molecule has 24 heavy (non-hydrogen) atoms. The van der Waals surface area contributed by atoms with Crippen LogP contribution in [0.3, 0.4) is 0 Å². The molecule has 3 saturated heterocycles. The van der Waals surface area contributed by atoms with Crippen LogP contribution in [-0.4, -0.2) is 60.3 Å². The van der Waals surface area contributed by atoms with Gasteiger partial charge in [0.2, 0.25) is 5.91 Å². The molecular formula is C19H29NO3S. The maximum Gasteiger partial charge on any atom is 0.249 e. The van der Waals surface area contributed by atoms with Gasteiger partial charge >= 0.3 is 0 Å². The molecule has 0 N–H and O–H groups in total. The van der Waals surface area contributed by atoms with Crippen molar-refractivity contribution in [2.45, 2.75) is 55.8 Å². The Labute approximate surface area is 149 Å². The van der Waals surface area contributed by atoms with Crippen molar-refractivity contribution in [1.29, 1.82) is 0 Å². The largest absolute Gasteiger partial charge is 0.381 e. The van der Waals surface area contributed by atoms with Crippen LogP contribution >= 0.6 is 11.8 Å². The molecule has 0 bridgehead atoms. The monoisotopic (exact) mass is 351 g/mol. The normalized spacial score (nSPS) is 30.2. The average molecular weight is 352 g/mol. The fraction of sp³-hybridized carbons (Fsp3) is 0.842. The highest BCUT2D eigenvalue weighted by molar-refractivity contribution is 8.01. The molecule has 4 rings (SSSR count). The Kier molecular flexibility index (Phi) is 5.21. The first-order chi connectivity index (χ1) is 11.7. The maximum atomic E-state index is 12.5. The zero-order valence-corrected chi connectivity index (χ0v) is 15.3. The summed E-state index contributed by atoms with van der Waals surface area (Å²) in [6, 6.07) is 0. The van der Waals surface area contributed by atoms with Crippen LogP contribution < -0.4 is 0 Å². The third-order valence-corrected chi connectivity index (χ3v) is 7.47. The van der Waals surface area contributed by atoms with Crippen LogP contribution in [0.4, 0.5) is 0 Å². The van der Waals surface area contributed by atoms with E-state index in [0.29, 0.717) is 17.9 Å². The van der Waals surface area contributed by atoms with Crippen molar-refractivity contribution in [2.75, 3.05) is 38.7 Å². The van der Waals surface area contributed by atoms with E-state index in [0.717, 1.165) is 76.3 Å². The molecule has 1 amide bonds. The van der Waals surface area contributed by atoms with E-state index >= 15 is 0 Å². The number of allylic oxidation sites excluding steroid dienone is 1. The van der Waals surface area contributed by atoms with Crippen molar-refractivity contribution in [1.82, 2.24) is 4.90 Å². The predicted octanol–water partition coefficient (Wildman–Crippen LogP) is 3.02. The Bertz CT molecular complexity index is 495. The molecule has 3 fully saturated rings. The lowest BCUT2D eigenvalue weighted by atomic mass is 9.90. The number of likely N-dealkylation sites (tertiary alicyclic amines) is 1. The summed E-state index contributed by atoms with van der Waals surface area (Å²) in [5.41, 5.74) is 1.06. The van der Waals surface area contributed by atoms with Gasteiger partial charge in [-0.1, -0.05) is 6.08 Å². The van der Waals surface area contributed by atoms with Crippen LogP contribution in [0.1, 0.15) is 44.9 Å². The van der Waals surface area contributed by atoms with Gasteiger partial charge in [0, 0.05) is 44.2 Å². The standard InChI is InChI=1S/C19H29NO3S/c21-18(16-4-2-1-3-5-16)20-13-19(14-20)10-17(12-24-19)23-11-15-6-8-22-9-7-15/h4,15,17H,1-3,5-14H2. The topological polar surface area (TPSA) is 38.8 Å². The molecule has 0 aromatic carbocycles. The second kappa shape index (κ2) is 7.38. The summed E-state index contributed by atoms with van der Waals surface area (Å²) in [6.07, 6.45) is 10.4. The average Bonchev–Trinajstić information content (AvgIpc) is 3.04. The molecule has 4 nitrogen and oxygen atoms in total. The Morgan fingerprint density at radius 3 is 2.92 bits per heavy atom. The first-order valence-electron chi connectivity index (χ1n) is 9.56. The number of thioether (sulfide) groups is 1. The van der Waals surface area contributed by atoms with Gasteiger partial charge in [-0.05, 0) is 50.9 Å². The van der Waals surface area contributed by atoms with Gasteiger partial charge in [0.25, 0.3) is 0 Å². The zero-order valence-electron chi connectivity index (χ0n) is 14.5. The smallest absolute Gasteiger partial charge is 0.249 e. The number of hydrogen-bond acceptors (Lipinski definition) is 4. The van der Waals surface area contributed by atoms with Gasteiger partial charge in [-0.2, -0.15) is 0 Å². The predicted molar refractivity (Wildman–Crippen MR) is 96.2 cm³/mol. The molecule has 5 heteroatoms. The number of amides is 1. The first kappa shape index (κ1) is 16.9. The van der Waals surface area contributed by atoms with Crippen molar-refractivity contribution >= 4 is 17.7 Å². The highest BCUT2D eigenvalue weighted by Crippen LogP contribution is 2.46. The van der Waals surface area contributed by atoms with Crippen molar-refractivity contribution < 1.29 is 14.3 Å². The molecule has 1 aliphatic carbocycles. The number of rotatable bonds is 4. The van der Waals surface area contributed by atoms with Gasteiger partial charge in [-0.3, -0.25) is 4.79 Å². The molecule has 134 valence electrons. The molecule has 0 saturated carbocycles. The molecule has 0 aromatic heterocycles. The molecule has 0 radical (unpaired) electrons. The number of ether oxygens (including phenoxy) is 2. The van der Waals surface area contributed by atoms with Gasteiger partial charge in [-0.25, -0.2) is 0 Å². The minimum absolute atomic E-state index is 0.283. The van der Waals surface area contributed by atoms with E-state index in [-0.39, 0.29) is 4.75 Å². The first-order valence-corrected chi connectivity index (χ1v) is 10.5. The fourth-order valence-electron chi connectivity index (χ4n) is 4.34. The van der Waals surface area contributed by atoms with Crippen molar-refractivity contribution in [2.24, 2.45) is 5.92 Å². The van der Waals surface area contributed by atoms with Crippen molar-refractivity contribution in [3.8, 4) is 0 Å². The molecule has 1 atom stereocenters. The number of carbonyl (C=O) groups excluding carboxylic acids is 1. The summed E-state index contributed by atoms with van der Waals surface area (Å²) >= 11 is 2.03. The number of hydrogen-bond donors (Lipinski definition) is 0. The maximum absolute atomic E-state index is 12.5. The summed E-state index contributed by atoms with van der Waals surface area (Å²) in [7, 11) is 0. The molecule has 3 heterocycles. The van der Waals surface area contributed by atoms with Gasteiger partial charge in [0.15, 0.2) is 0 Å². The third-order valence-electron chi connectivity index (χ3n) is 5.89. The summed E-state index contributed by atoms with van der Waals surface area (Å²) < 4.78 is 11.9. The summed E-state index contributed by atoms with van der Waals surface area (Å²) in [5.74, 6) is 2.07. The van der Waals surface area contributed by atoms with Gasteiger partial charge in [0.1, 0.15) is 0 Å². The molecule has 4 aliphatic rings. The lowest BCUT2D eigenvalue weighted by Crippen LogP contribution is -2.61. The van der Waals surface area contributed by atoms with E-state index in [9.17, 15) is 4.79 Å². The highest BCUT2D eigenvalue weighted by atomic mass is 32.2. The van der Waals surface area contributed by atoms with E-state index in [1.54, 1.807) is 0 Å². The second-order valence-electron chi connectivity index (χ2n) is 7.85. The summed E-state index contributed by atoms with van der Waals surface area (Å²) in [5, 5.41) is 0. The Morgan fingerprint density at radius 2 is 2.17 bits per heavy atom. The van der Waals surface area contributed by atoms with Crippen LogP contribution in [-0.2, 0) is 14.3 Å². The SMILES string of the molecule is O=C(C1=CCCCC1)N1CC2(CC(OCC3CCOCC3)CS2)C1. The van der Waals surface area contributed by atoms with Crippen LogP contribution in [0, 0.1) is 5.92 Å². The molecular weight excluding hydrogens is 322 g/mol. The zero-order chi connectivity index (χ0) is 16.4. The van der Waals surface area contributed by atoms with Gasteiger partial charge in [-0.15, -0.1) is 11.8 Å². The highest BCUT2D eigenvalue weighted by Gasteiger charge is 2.51. The van der Waals surface area contributed by atoms with E-state index in [2.05, 4.69) is 11.0 Å². The Balaban J connectivity index is 1.21.